The first kappa shape index (κ1) is 14.3. The molecule has 0 aromatic carbocycles. The number of nitro groups is 1. The maximum Gasteiger partial charge on any atom is 0.333 e. The largest absolute Gasteiger partial charge is 0.348 e. The molecule has 1 aliphatic heterocycles. The first-order chi connectivity index (χ1) is 9.45. The first-order valence-electron chi connectivity index (χ1n) is 6.66. The second-order valence-electron chi connectivity index (χ2n) is 4.86. The van der Waals surface area contributed by atoms with Gasteiger partial charge in [0, 0.05) is 39.6 Å². The van der Waals surface area contributed by atoms with E-state index < -0.39 is 0 Å². The number of piperazine rings is 1. The molecule has 2 heterocycles. The summed E-state index contributed by atoms with van der Waals surface area (Å²) in [4.78, 5) is 26.2. The fourth-order valence-corrected chi connectivity index (χ4v) is 2.59. The van der Waals surface area contributed by atoms with Crippen LogP contribution in [0.2, 0.25) is 0 Å². The van der Waals surface area contributed by atoms with Crippen LogP contribution in [0.25, 0.3) is 0 Å². The van der Waals surface area contributed by atoms with Crippen molar-refractivity contribution in [2.24, 2.45) is 7.05 Å². The van der Waals surface area contributed by atoms with Crippen LogP contribution in [0.1, 0.15) is 19.0 Å². The lowest BCUT2D eigenvalue weighted by molar-refractivity contribution is -0.384. The van der Waals surface area contributed by atoms with E-state index in [2.05, 4.69) is 5.10 Å². The molecule has 0 saturated carbocycles. The van der Waals surface area contributed by atoms with E-state index in [0.29, 0.717) is 44.1 Å². The molecule has 1 amide bonds. The van der Waals surface area contributed by atoms with E-state index in [1.807, 2.05) is 11.8 Å². The zero-order chi connectivity index (χ0) is 14.9. The normalized spacial score (nSPS) is 15.6. The van der Waals surface area contributed by atoms with Crippen LogP contribution >= 0.6 is 0 Å². The number of hydrogen-bond acceptors (Lipinski definition) is 5. The Bertz CT molecular complexity index is 531. The van der Waals surface area contributed by atoms with Crippen molar-refractivity contribution in [1.29, 1.82) is 0 Å². The fraction of sp³-hybridized carbons (Fsp3) is 0.667. The third-order valence-electron chi connectivity index (χ3n) is 3.58. The highest BCUT2D eigenvalue weighted by molar-refractivity contribution is 5.76. The molecule has 1 saturated heterocycles. The summed E-state index contributed by atoms with van der Waals surface area (Å²) in [6.45, 7) is 5.84. The lowest BCUT2D eigenvalue weighted by atomic mass is 10.2. The Hall–Kier alpha value is -2.12. The molecule has 0 atom stereocenters. The Kier molecular flexibility index (Phi) is 3.91. The zero-order valence-corrected chi connectivity index (χ0v) is 12.0. The quantitative estimate of drug-likeness (QED) is 0.601. The van der Waals surface area contributed by atoms with Gasteiger partial charge in [0.2, 0.25) is 11.7 Å². The summed E-state index contributed by atoms with van der Waals surface area (Å²) < 4.78 is 1.55. The van der Waals surface area contributed by atoms with E-state index >= 15 is 0 Å². The summed E-state index contributed by atoms with van der Waals surface area (Å²) in [5.74, 6) is 0.649. The highest BCUT2D eigenvalue weighted by Crippen LogP contribution is 2.31. The fourth-order valence-electron chi connectivity index (χ4n) is 2.59. The molecule has 8 nitrogen and oxygen atoms in total. The minimum Gasteiger partial charge on any atom is -0.348 e. The van der Waals surface area contributed by atoms with Crippen molar-refractivity contribution in [3.8, 4) is 0 Å². The van der Waals surface area contributed by atoms with Gasteiger partial charge in [-0.2, -0.15) is 5.10 Å². The molecule has 0 aliphatic carbocycles. The van der Waals surface area contributed by atoms with Crippen LogP contribution in [0.3, 0.4) is 0 Å². The summed E-state index contributed by atoms with van der Waals surface area (Å²) in [5, 5.41) is 15.3. The monoisotopic (exact) mass is 281 g/mol. The maximum atomic E-state index is 11.6. The Labute approximate surface area is 117 Å². The SMILES string of the molecule is CCC(=O)N1CCN(c2c([N+](=O)[O-])c(C)nn2C)CC1. The van der Waals surface area contributed by atoms with Crippen LogP contribution in [0.4, 0.5) is 11.5 Å². The van der Waals surface area contributed by atoms with Crippen molar-refractivity contribution in [3.63, 3.8) is 0 Å². The smallest absolute Gasteiger partial charge is 0.333 e. The lowest BCUT2D eigenvalue weighted by Crippen LogP contribution is -2.49. The van der Waals surface area contributed by atoms with Crippen molar-refractivity contribution in [2.75, 3.05) is 31.1 Å². The van der Waals surface area contributed by atoms with E-state index in [1.54, 1.807) is 23.6 Å². The molecule has 1 aliphatic rings. The minimum absolute atomic E-state index is 0.0581. The number of carbonyl (C=O) groups is 1. The van der Waals surface area contributed by atoms with Crippen molar-refractivity contribution >= 4 is 17.4 Å². The summed E-state index contributed by atoms with van der Waals surface area (Å²) in [6.07, 6.45) is 0.491. The molecule has 8 heteroatoms. The molecule has 0 unspecified atom stereocenters. The lowest BCUT2D eigenvalue weighted by Gasteiger charge is -2.35. The molecule has 20 heavy (non-hydrogen) atoms. The van der Waals surface area contributed by atoms with Crippen LogP contribution in [0.5, 0.6) is 0 Å². The highest BCUT2D eigenvalue weighted by atomic mass is 16.6. The van der Waals surface area contributed by atoms with E-state index in [4.69, 9.17) is 0 Å². The number of aryl methyl sites for hydroxylation is 2. The second-order valence-corrected chi connectivity index (χ2v) is 4.86. The molecular weight excluding hydrogens is 262 g/mol. The van der Waals surface area contributed by atoms with Gasteiger partial charge in [-0.05, 0) is 6.92 Å². The molecule has 1 aromatic heterocycles. The molecule has 2 rings (SSSR count). The number of anilines is 1. The van der Waals surface area contributed by atoms with Gasteiger partial charge < -0.3 is 9.80 Å². The Morgan fingerprint density at radius 2 is 1.95 bits per heavy atom. The zero-order valence-electron chi connectivity index (χ0n) is 12.0. The molecule has 1 aromatic rings. The summed E-state index contributed by atoms with van der Waals surface area (Å²) in [6, 6.07) is 0. The Morgan fingerprint density at radius 1 is 1.35 bits per heavy atom. The molecule has 0 spiro atoms. The summed E-state index contributed by atoms with van der Waals surface area (Å²) >= 11 is 0. The van der Waals surface area contributed by atoms with Gasteiger partial charge in [-0.3, -0.25) is 14.9 Å². The van der Waals surface area contributed by atoms with Gasteiger partial charge in [-0.1, -0.05) is 6.92 Å². The summed E-state index contributed by atoms with van der Waals surface area (Å²) in [7, 11) is 1.71. The van der Waals surface area contributed by atoms with Gasteiger partial charge >= 0.3 is 5.69 Å². The molecular formula is C12H19N5O3. The number of hydrogen-bond donors (Lipinski definition) is 0. The standard InChI is InChI=1S/C12H19N5O3/c1-4-10(18)15-5-7-16(8-6-15)12-11(17(19)20)9(2)13-14(12)3/h4-8H2,1-3H3. The molecule has 0 bridgehead atoms. The van der Waals surface area contributed by atoms with Gasteiger partial charge in [-0.25, -0.2) is 4.68 Å². The third kappa shape index (κ3) is 2.45. The first-order valence-corrected chi connectivity index (χ1v) is 6.66. The Balaban J connectivity index is 2.19. The molecule has 110 valence electrons. The number of carbonyl (C=O) groups excluding carboxylic acids is 1. The predicted molar refractivity (Wildman–Crippen MR) is 73.7 cm³/mol. The van der Waals surface area contributed by atoms with E-state index in [1.165, 1.54) is 0 Å². The predicted octanol–water partition coefficient (Wildman–Crippen LogP) is 0.695. The van der Waals surface area contributed by atoms with Crippen LogP contribution in [0.15, 0.2) is 0 Å². The summed E-state index contributed by atoms with van der Waals surface area (Å²) in [5.41, 5.74) is 0.474. The Morgan fingerprint density at radius 3 is 2.45 bits per heavy atom. The number of rotatable bonds is 3. The molecule has 0 radical (unpaired) electrons. The van der Waals surface area contributed by atoms with Crippen molar-refractivity contribution < 1.29 is 9.72 Å². The minimum atomic E-state index is -0.388. The maximum absolute atomic E-state index is 11.6. The van der Waals surface area contributed by atoms with Crippen LogP contribution in [0, 0.1) is 17.0 Å². The van der Waals surface area contributed by atoms with Crippen LogP contribution in [-0.2, 0) is 11.8 Å². The molecule has 0 N–H and O–H groups in total. The number of amides is 1. The van der Waals surface area contributed by atoms with E-state index in [0.717, 1.165) is 0 Å². The average molecular weight is 281 g/mol. The van der Waals surface area contributed by atoms with E-state index in [-0.39, 0.29) is 16.5 Å². The van der Waals surface area contributed by atoms with Gasteiger partial charge in [0.15, 0.2) is 0 Å². The van der Waals surface area contributed by atoms with Crippen LogP contribution in [-0.4, -0.2) is 51.7 Å². The van der Waals surface area contributed by atoms with Crippen LogP contribution < -0.4 is 4.90 Å². The van der Waals surface area contributed by atoms with Crippen molar-refractivity contribution in [3.05, 3.63) is 15.8 Å². The van der Waals surface area contributed by atoms with Gasteiger partial charge in [0.05, 0.1) is 4.92 Å². The number of nitrogens with zero attached hydrogens (tertiary/aromatic N) is 5. The number of aromatic nitrogens is 2. The highest BCUT2D eigenvalue weighted by Gasteiger charge is 2.31. The topological polar surface area (TPSA) is 84.5 Å². The van der Waals surface area contributed by atoms with Gasteiger partial charge in [0.1, 0.15) is 5.69 Å². The van der Waals surface area contributed by atoms with Crippen molar-refractivity contribution in [2.45, 2.75) is 20.3 Å². The van der Waals surface area contributed by atoms with E-state index in [9.17, 15) is 14.9 Å². The van der Waals surface area contributed by atoms with Gasteiger partial charge in [-0.15, -0.1) is 0 Å². The average Bonchev–Trinajstić information content (AvgIpc) is 2.72. The second kappa shape index (κ2) is 5.48. The third-order valence-corrected chi connectivity index (χ3v) is 3.58. The molecule has 1 fully saturated rings. The van der Waals surface area contributed by atoms with Gasteiger partial charge in [0.25, 0.3) is 0 Å². The van der Waals surface area contributed by atoms with Crippen molar-refractivity contribution in [1.82, 2.24) is 14.7 Å².